The Balaban J connectivity index is 1.90. The first-order valence-corrected chi connectivity index (χ1v) is 10.8. The first-order chi connectivity index (χ1) is 14.1. The van der Waals surface area contributed by atoms with Gasteiger partial charge in [-0.25, -0.2) is 4.79 Å². The third kappa shape index (κ3) is 6.04. The Kier molecular flexibility index (Phi) is 7.64. The van der Waals surface area contributed by atoms with Gasteiger partial charge in [0.1, 0.15) is 0 Å². The van der Waals surface area contributed by atoms with Crippen LogP contribution in [0.25, 0.3) is 6.08 Å². The van der Waals surface area contributed by atoms with Crippen LogP contribution in [0, 0.1) is 5.92 Å². The quantitative estimate of drug-likeness (QED) is 0.411. The van der Waals surface area contributed by atoms with Crippen molar-refractivity contribution in [1.29, 1.82) is 0 Å². The smallest absolute Gasteiger partial charge is 0.330 e. The maximum absolute atomic E-state index is 13.4. The lowest BCUT2D eigenvalue weighted by molar-refractivity contribution is -0.134. The number of halogens is 1. The molecule has 0 aliphatic heterocycles. The van der Waals surface area contributed by atoms with Crippen LogP contribution in [0.5, 0.6) is 0 Å². The van der Waals surface area contributed by atoms with Gasteiger partial charge in [-0.15, -0.1) is 0 Å². The number of amides is 1. The van der Waals surface area contributed by atoms with E-state index in [2.05, 4.69) is 20.7 Å². The zero-order chi connectivity index (χ0) is 20.6. The minimum absolute atomic E-state index is 0.0742. The van der Waals surface area contributed by atoms with E-state index < -0.39 is 5.97 Å². The minimum atomic E-state index is -0.403. The number of carbonyl (C=O) groups is 2. The number of ether oxygens (including phenoxy) is 1. The van der Waals surface area contributed by atoms with Crippen LogP contribution in [-0.4, -0.2) is 19.0 Å². The van der Waals surface area contributed by atoms with Crippen LogP contribution >= 0.6 is 15.9 Å². The Bertz CT molecular complexity index is 887. The van der Waals surface area contributed by atoms with Crippen molar-refractivity contribution in [2.24, 2.45) is 5.92 Å². The van der Waals surface area contributed by atoms with Crippen LogP contribution in [0.2, 0.25) is 0 Å². The predicted molar refractivity (Wildman–Crippen MR) is 119 cm³/mol. The molecule has 0 radical (unpaired) electrons. The number of nitrogens with zero attached hydrogens (tertiary/aromatic N) is 1. The molecule has 2 aromatic rings. The summed E-state index contributed by atoms with van der Waals surface area (Å²) in [5, 5.41) is 0. The summed E-state index contributed by atoms with van der Waals surface area (Å²) in [5.74, 6) is -0.149. The molecular weight excluding hydrogens is 430 g/mol. The zero-order valence-corrected chi connectivity index (χ0v) is 18.2. The Morgan fingerprint density at radius 2 is 1.86 bits per heavy atom. The van der Waals surface area contributed by atoms with Crippen LogP contribution in [0.1, 0.15) is 43.2 Å². The number of methoxy groups -OCH3 is 1. The first-order valence-electron chi connectivity index (χ1n) is 9.99. The molecule has 0 spiro atoms. The molecule has 1 saturated carbocycles. The van der Waals surface area contributed by atoms with E-state index in [-0.39, 0.29) is 11.8 Å². The number of benzene rings is 2. The van der Waals surface area contributed by atoms with Gasteiger partial charge in [0.15, 0.2) is 0 Å². The molecule has 2 aromatic carbocycles. The van der Waals surface area contributed by atoms with Gasteiger partial charge in [-0.1, -0.05) is 59.5 Å². The predicted octanol–water partition coefficient (Wildman–Crippen LogP) is 5.75. The molecule has 5 heteroatoms. The summed E-state index contributed by atoms with van der Waals surface area (Å²) in [6.45, 7) is 0.513. The van der Waals surface area contributed by atoms with Crippen molar-refractivity contribution >= 4 is 39.6 Å². The van der Waals surface area contributed by atoms with Gasteiger partial charge in [0.25, 0.3) is 0 Å². The highest BCUT2D eigenvalue weighted by Crippen LogP contribution is 2.29. The van der Waals surface area contributed by atoms with Gasteiger partial charge in [0.2, 0.25) is 5.91 Å². The molecular formula is C24H26BrNO3. The lowest BCUT2D eigenvalue weighted by Gasteiger charge is -2.30. The molecule has 1 amide bonds. The fourth-order valence-electron chi connectivity index (χ4n) is 3.71. The average molecular weight is 456 g/mol. The second kappa shape index (κ2) is 10.4. The summed E-state index contributed by atoms with van der Waals surface area (Å²) in [6, 6.07) is 15.8. The van der Waals surface area contributed by atoms with Crippen LogP contribution in [0.4, 0.5) is 5.69 Å². The molecule has 0 aromatic heterocycles. The van der Waals surface area contributed by atoms with Gasteiger partial charge >= 0.3 is 5.97 Å². The molecule has 0 unspecified atom stereocenters. The third-order valence-corrected chi connectivity index (χ3v) is 5.74. The van der Waals surface area contributed by atoms with Crippen molar-refractivity contribution in [3.8, 4) is 0 Å². The molecule has 3 rings (SSSR count). The van der Waals surface area contributed by atoms with E-state index in [9.17, 15) is 9.59 Å². The third-order valence-electron chi connectivity index (χ3n) is 5.25. The van der Waals surface area contributed by atoms with Crippen molar-refractivity contribution in [3.63, 3.8) is 0 Å². The van der Waals surface area contributed by atoms with Gasteiger partial charge in [0.05, 0.1) is 13.7 Å². The van der Waals surface area contributed by atoms with Crippen molar-refractivity contribution < 1.29 is 14.3 Å². The van der Waals surface area contributed by atoms with E-state index >= 15 is 0 Å². The highest BCUT2D eigenvalue weighted by Gasteiger charge is 2.27. The number of carbonyl (C=O) groups excluding carboxylic acids is 2. The van der Waals surface area contributed by atoms with Crippen LogP contribution in [0.3, 0.4) is 0 Å². The second-order valence-electron chi connectivity index (χ2n) is 7.34. The SMILES string of the molecule is COC(=O)C=Cc1cccc(N(Cc2cccc(Br)c2)C(=O)C2CCCCC2)c1. The molecule has 0 bridgehead atoms. The molecule has 0 N–H and O–H groups in total. The number of hydrogen-bond donors (Lipinski definition) is 0. The minimum Gasteiger partial charge on any atom is -0.466 e. The van der Waals surface area contributed by atoms with Gasteiger partial charge in [-0.05, 0) is 54.3 Å². The summed E-state index contributed by atoms with van der Waals surface area (Å²) in [4.78, 5) is 26.7. The maximum atomic E-state index is 13.4. The molecule has 1 aliphatic carbocycles. The fraction of sp³-hybridized carbons (Fsp3) is 0.333. The number of esters is 1. The summed E-state index contributed by atoms with van der Waals surface area (Å²) in [7, 11) is 1.35. The summed E-state index contributed by atoms with van der Waals surface area (Å²) < 4.78 is 5.66. The number of rotatable bonds is 6. The van der Waals surface area contributed by atoms with Crippen molar-refractivity contribution in [3.05, 3.63) is 70.2 Å². The lowest BCUT2D eigenvalue weighted by atomic mass is 9.88. The highest BCUT2D eigenvalue weighted by molar-refractivity contribution is 9.10. The maximum Gasteiger partial charge on any atom is 0.330 e. The second-order valence-corrected chi connectivity index (χ2v) is 8.26. The number of hydrogen-bond acceptors (Lipinski definition) is 3. The molecule has 29 heavy (non-hydrogen) atoms. The molecule has 1 aliphatic rings. The highest BCUT2D eigenvalue weighted by atomic mass is 79.9. The van der Waals surface area contributed by atoms with Gasteiger partial charge in [-0.2, -0.15) is 0 Å². The zero-order valence-electron chi connectivity index (χ0n) is 16.6. The molecule has 1 fully saturated rings. The van der Waals surface area contributed by atoms with E-state index in [0.29, 0.717) is 6.54 Å². The topological polar surface area (TPSA) is 46.6 Å². The average Bonchev–Trinajstić information content (AvgIpc) is 2.76. The Labute approximate surface area is 180 Å². The van der Waals surface area contributed by atoms with Crippen LogP contribution in [-0.2, 0) is 20.9 Å². The monoisotopic (exact) mass is 455 g/mol. The summed E-state index contributed by atoms with van der Waals surface area (Å²) in [5.41, 5.74) is 2.76. The van der Waals surface area contributed by atoms with E-state index in [0.717, 1.165) is 47.0 Å². The fourth-order valence-corrected chi connectivity index (χ4v) is 4.16. The Hall–Kier alpha value is -2.40. The summed E-state index contributed by atoms with van der Waals surface area (Å²) >= 11 is 3.52. The normalized spacial score (nSPS) is 14.7. The van der Waals surface area contributed by atoms with Crippen molar-refractivity contribution in [2.45, 2.75) is 38.6 Å². The standard InChI is InChI=1S/C24H26BrNO3/c1-29-23(27)14-13-18-7-6-12-22(16-18)26(17-19-8-5-11-21(25)15-19)24(28)20-9-3-2-4-10-20/h5-8,11-16,20H,2-4,9-10,17H2,1H3. The molecule has 0 atom stereocenters. The van der Waals surface area contributed by atoms with E-state index in [1.54, 1.807) is 6.08 Å². The molecule has 152 valence electrons. The van der Waals surface area contributed by atoms with Crippen LogP contribution < -0.4 is 4.90 Å². The Morgan fingerprint density at radius 3 is 2.59 bits per heavy atom. The Morgan fingerprint density at radius 1 is 1.10 bits per heavy atom. The largest absolute Gasteiger partial charge is 0.466 e. The van der Waals surface area contributed by atoms with Crippen molar-refractivity contribution in [1.82, 2.24) is 0 Å². The van der Waals surface area contributed by atoms with E-state index in [4.69, 9.17) is 0 Å². The first kappa shape index (κ1) is 21.3. The molecule has 4 nitrogen and oxygen atoms in total. The van der Waals surface area contributed by atoms with Crippen LogP contribution in [0.15, 0.2) is 59.1 Å². The van der Waals surface area contributed by atoms with Gasteiger partial charge in [-0.3, -0.25) is 4.79 Å². The molecule has 0 heterocycles. The summed E-state index contributed by atoms with van der Waals surface area (Å²) in [6.07, 6.45) is 8.44. The molecule has 0 saturated heterocycles. The van der Waals surface area contributed by atoms with E-state index in [1.807, 2.05) is 53.4 Å². The van der Waals surface area contributed by atoms with Crippen molar-refractivity contribution in [2.75, 3.05) is 12.0 Å². The van der Waals surface area contributed by atoms with Gasteiger partial charge in [0, 0.05) is 22.2 Å². The van der Waals surface area contributed by atoms with Gasteiger partial charge < -0.3 is 9.64 Å². The number of anilines is 1. The lowest BCUT2D eigenvalue weighted by Crippen LogP contribution is -2.36. The van der Waals surface area contributed by atoms with E-state index in [1.165, 1.54) is 19.6 Å².